The zero-order chi connectivity index (χ0) is 17.9. The van der Waals surface area contributed by atoms with Gasteiger partial charge in [-0.3, -0.25) is 4.98 Å². The molecule has 0 amide bonds. The number of H-pyrrole nitrogens is 1. The lowest BCUT2D eigenvalue weighted by Gasteiger charge is -2.36. The number of aromatic amines is 1. The Morgan fingerprint density at radius 1 is 1.32 bits per heavy atom. The molecule has 25 heavy (non-hydrogen) atoms. The molecule has 0 aliphatic carbocycles. The molecule has 0 unspecified atom stereocenters. The van der Waals surface area contributed by atoms with Crippen molar-refractivity contribution in [2.75, 3.05) is 11.9 Å². The Bertz CT molecular complexity index is 709. The van der Waals surface area contributed by atoms with Crippen LogP contribution in [0.5, 0.6) is 11.8 Å². The highest BCUT2D eigenvalue weighted by atomic mass is 19.3. The summed E-state index contributed by atoms with van der Waals surface area (Å²) < 4.78 is 34.4. The number of rotatable bonds is 6. The van der Waals surface area contributed by atoms with Crippen LogP contribution < -0.4 is 20.1 Å². The Balaban J connectivity index is 1.62. The van der Waals surface area contributed by atoms with E-state index in [1.165, 1.54) is 18.5 Å². The Labute approximate surface area is 143 Å². The van der Waals surface area contributed by atoms with Crippen molar-refractivity contribution in [1.82, 2.24) is 25.5 Å². The quantitative estimate of drug-likeness (QED) is 0.733. The third-order valence-electron chi connectivity index (χ3n) is 3.73. The van der Waals surface area contributed by atoms with Gasteiger partial charge in [0.15, 0.2) is 11.6 Å². The first-order chi connectivity index (χ1) is 11.9. The maximum absolute atomic E-state index is 12.2. The van der Waals surface area contributed by atoms with Crippen LogP contribution >= 0.6 is 0 Å². The van der Waals surface area contributed by atoms with Gasteiger partial charge in [-0.05, 0) is 26.8 Å². The van der Waals surface area contributed by atoms with Crippen LogP contribution in [0.1, 0.15) is 26.7 Å². The van der Waals surface area contributed by atoms with E-state index < -0.39 is 6.61 Å². The number of aromatic nitrogens is 4. The van der Waals surface area contributed by atoms with Gasteiger partial charge in [0.2, 0.25) is 11.8 Å². The third kappa shape index (κ3) is 4.99. The molecule has 1 aliphatic rings. The van der Waals surface area contributed by atoms with Gasteiger partial charge in [0.25, 0.3) is 0 Å². The van der Waals surface area contributed by atoms with E-state index >= 15 is 0 Å². The molecule has 3 N–H and O–H groups in total. The number of nitrogens with one attached hydrogen (secondary N) is 3. The van der Waals surface area contributed by atoms with Crippen molar-refractivity contribution >= 4 is 11.6 Å². The molecule has 3 heterocycles. The van der Waals surface area contributed by atoms with Gasteiger partial charge >= 0.3 is 6.61 Å². The van der Waals surface area contributed by atoms with Crippen LogP contribution in [0.25, 0.3) is 0 Å². The average molecular weight is 354 g/mol. The Morgan fingerprint density at radius 3 is 2.92 bits per heavy atom. The zero-order valence-corrected chi connectivity index (χ0v) is 13.9. The molecular formula is C15H20F2N6O2. The van der Waals surface area contributed by atoms with E-state index in [1.807, 2.05) is 0 Å². The lowest BCUT2D eigenvalue weighted by molar-refractivity contribution is -0.0528. The smallest absolute Gasteiger partial charge is 0.388 e. The molecule has 2 aromatic heterocycles. The van der Waals surface area contributed by atoms with Gasteiger partial charge in [0.05, 0.1) is 12.4 Å². The summed E-state index contributed by atoms with van der Waals surface area (Å²) >= 11 is 0. The molecule has 1 saturated heterocycles. The van der Waals surface area contributed by atoms with E-state index in [0.29, 0.717) is 11.7 Å². The lowest BCUT2D eigenvalue weighted by atomic mass is 9.91. The third-order valence-corrected chi connectivity index (χ3v) is 3.73. The van der Waals surface area contributed by atoms with Crippen molar-refractivity contribution in [3.8, 4) is 11.8 Å². The predicted octanol–water partition coefficient (Wildman–Crippen LogP) is 2.45. The number of halogens is 2. The number of nitrogens with zero attached hydrogens (tertiary/aromatic N) is 3. The monoisotopic (exact) mass is 354 g/mol. The molecule has 1 aliphatic heterocycles. The van der Waals surface area contributed by atoms with Crippen LogP contribution in [0.4, 0.5) is 20.4 Å². The maximum atomic E-state index is 12.2. The molecule has 2 aromatic rings. The molecule has 0 saturated carbocycles. The average Bonchev–Trinajstić information content (AvgIpc) is 2.92. The van der Waals surface area contributed by atoms with Gasteiger partial charge < -0.3 is 20.1 Å². The lowest BCUT2D eigenvalue weighted by Crippen LogP contribution is -2.49. The van der Waals surface area contributed by atoms with E-state index in [4.69, 9.17) is 4.74 Å². The van der Waals surface area contributed by atoms with Gasteiger partial charge in [-0.25, -0.2) is 5.10 Å². The summed E-state index contributed by atoms with van der Waals surface area (Å²) in [5, 5.41) is 12.4. The highest BCUT2D eigenvalue weighted by Gasteiger charge is 2.28. The number of hydrogen-bond donors (Lipinski definition) is 3. The van der Waals surface area contributed by atoms with Crippen molar-refractivity contribution in [3.63, 3.8) is 0 Å². The molecule has 1 fully saturated rings. The van der Waals surface area contributed by atoms with Crippen LogP contribution in [0.3, 0.4) is 0 Å². The zero-order valence-electron chi connectivity index (χ0n) is 13.9. The van der Waals surface area contributed by atoms with E-state index in [9.17, 15) is 8.78 Å². The fourth-order valence-corrected chi connectivity index (χ4v) is 2.71. The summed E-state index contributed by atoms with van der Waals surface area (Å²) in [4.78, 5) is 8.40. The first-order valence-electron chi connectivity index (χ1n) is 7.91. The largest absolute Gasteiger partial charge is 0.473 e. The first kappa shape index (κ1) is 17.3. The second-order valence-electron chi connectivity index (χ2n) is 6.41. The van der Waals surface area contributed by atoms with Crippen molar-refractivity contribution < 1.29 is 18.3 Å². The van der Waals surface area contributed by atoms with Crippen LogP contribution in [0.15, 0.2) is 18.5 Å². The van der Waals surface area contributed by atoms with Gasteiger partial charge in [-0.1, -0.05) is 0 Å². The van der Waals surface area contributed by atoms with Crippen LogP contribution in [-0.4, -0.2) is 45.0 Å². The van der Waals surface area contributed by atoms with E-state index in [-0.39, 0.29) is 23.3 Å². The van der Waals surface area contributed by atoms with E-state index in [1.54, 1.807) is 0 Å². The Kier molecular flexibility index (Phi) is 4.98. The summed E-state index contributed by atoms with van der Waals surface area (Å²) in [7, 11) is 0. The minimum atomic E-state index is -2.92. The van der Waals surface area contributed by atoms with Crippen LogP contribution in [-0.2, 0) is 0 Å². The number of anilines is 2. The first-order valence-corrected chi connectivity index (χ1v) is 7.91. The molecule has 8 nitrogen and oxygen atoms in total. The molecule has 10 heteroatoms. The molecule has 1 atom stereocenters. The van der Waals surface area contributed by atoms with Gasteiger partial charge in [-0.15, -0.1) is 0 Å². The molecular weight excluding hydrogens is 334 g/mol. The van der Waals surface area contributed by atoms with Crippen molar-refractivity contribution in [2.24, 2.45) is 0 Å². The fraction of sp³-hybridized carbons (Fsp3) is 0.533. The molecule has 0 spiro atoms. The second-order valence-corrected chi connectivity index (χ2v) is 6.41. The summed E-state index contributed by atoms with van der Waals surface area (Å²) in [6.45, 7) is 2.22. The fourth-order valence-electron chi connectivity index (χ4n) is 2.71. The Hall–Kier alpha value is -2.49. The maximum Gasteiger partial charge on any atom is 0.388 e. The Morgan fingerprint density at radius 2 is 2.16 bits per heavy atom. The minimum absolute atomic E-state index is 0.0162. The number of hydrogen-bond acceptors (Lipinski definition) is 7. The summed E-state index contributed by atoms with van der Waals surface area (Å²) in [5.41, 5.74) is 0.0162. The van der Waals surface area contributed by atoms with E-state index in [0.717, 1.165) is 19.4 Å². The SMILES string of the molecule is CC1(C)C[C@H](Oc2cncc(Nc3cc(OC(F)F)[nH]n3)n2)CCN1. The highest BCUT2D eigenvalue weighted by molar-refractivity contribution is 5.51. The van der Waals surface area contributed by atoms with Gasteiger partial charge in [-0.2, -0.15) is 18.9 Å². The minimum Gasteiger partial charge on any atom is -0.473 e. The van der Waals surface area contributed by atoms with Crippen molar-refractivity contribution in [3.05, 3.63) is 18.5 Å². The van der Waals surface area contributed by atoms with Crippen molar-refractivity contribution in [2.45, 2.75) is 44.9 Å². The molecule has 0 bridgehead atoms. The predicted molar refractivity (Wildman–Crippen MR) is 86.3 cm³/mol. The normalized spacial score (nSPS) is 19.6. The summed E-state index contributed by atoms with van der Waals surface area (Å²) in [6, 6.07) is 1.30. The molecule has 0 aromatic carbocycles. The number of ether oxygens (including phenoxy) is 2. The van der Waals surface area contributed by atoms with Gasteiger partial charge in [0.1, 0.15) is 6.10 Å². The molecule has 136 valence electrons. The summed E-state index contributed by atoms with van der Waals surface area (Å²) in [6.07, 6.45) is 4.82. The number of alkyl halides is 2. The molecule has 0 radical (unpaired) electrons. The van der Waals surface area contributed by atoms with Crippen LogP contribution in [0.2, 0.25) is 0 Å². The van der Waals surface area contributed by atoms with E-state index in [2.05, 4.69) is 49.4 Å². The standard InChI is InChI=1S/C15H20F2N6O2/c1-15(2)6-9(3-4-19-15)24-13-8-18-7-11(21-13)20-10-5-12(23-22-10)25-14(16)17/h5,7-9,14,19H,3-4,6H2,1-2H3,(H2,20,21,22,23)/t9-/m1/s1. The van der Waals surface area contributed by atoms with Gasteiger partial charge in [0, 0.05) is 18.0 Å². The van der Waals surface area contributed by atoms with Crippen molar-refractivity contribution in [1.29, 1.82) is 0 Å². The number of piperidine rings is 1. The topological polar surface area (TPSA) is 97.0 Å². The molecule has 3 rings (SSSR count). The second kappa shape index (κ2) is 7.18. The summed E-state index contributed by atoms with van der Waals surface area (Å²) in [5.74, 6) is 0.924. The highest BCUT2D eigenvalue weighted by Crippen LogP contribution is 2.24. The van der Waals surface area contributed by atoms with Crippen LogP contribution in [0, 0.1) is 0 Å².